The standard InChI is InChI=1S/C14H11BrINOS/c15-10-5-4-9(7-11(10)16)17-14(18)13-6-8-2-1-3-12(8)19-13/h4-7H,1-3H2,(H,17,18). The van der Waals surface area contributed by atoms with Gasteiger partial charge in [0.2, 0.25) is 0 Å². The summed E-state index contributed by atoms with van der Waals surface area (Å²) in [6, 6.07) is 7.87. The maximum absolute atomic E-state index is 12.2. The van der Waals surface area contributed by atoms with Gasteiger partial charge in [-0.15, -0.1) is 11.3 Å². The summed E-state index contributed by atoms with van der Waals surface area (Å²) in [4.78, 5) is 14.4. The number of benzene rings is 1. The van der Waals surface area contributed by atoms with Crippen LogP contribution in [0.2, 0.25) is 0 Å². The van der Waals surface area contributed by atoms with Crippen LogP contribution >= 0.6 is 49.9 Å². The quantitative estimate of drug-likeness (QED) is 0.654. The molecule has 0 atom stereocenters. The minimum atomic E-state index is -0.00229. The predicted octanol–water partition coefficient (Wildman–Crippen LogP) is 4.86. The van der Waals surface area contributed by atoms with Crippen molar-refractivity contribution in [3.63, 3.8) is 0 Å². The monoisotopic (exact) mass is 447 g/mol. The lowest BCUT2D eigenvalue weighted by atomic mass is 10.2. The number of thiophene rings is 1. The highest BCUT2D eigenvalue weighted by Gasteiger charge is 2.18. The molecule has 5 heteroatoms. The zero-order chi connectivity index (χ0) is 13.4. The number of halogens is 2. The molecule has 1 heterocycles. The number of hydrogen-bond donors (Lipinski definition) is 1. The molecule has 2 aromatic rings. The molecular weight excluding hydrogens is 437 g/mol. The van der Waals surface area contributed by atoms with Gasteiger partial charge in [0.15, 0.2) is 0 Å². The van der Waals surface area contributed by atoms with Crippen molar-refractivity contribution in [2.45, 2.75) is 19.3 Å². The second-order valence-corrected chi connectivity index (χ2v) is 7.65. The first-order valence-corrected chi connectivity index (χ1v) is 8.70. The average Bonchev–Trinajstić information content (AvgIpc) is 2.94. The molecule has 0 spiro atoms. The summed E-state index contributed by atoms with van der Waals surface area (Å²) in [7, 11) is 0. The highest BCUT2D eigenvalue weighted by Crippen LogP contribution is 2.31. The molecule has 1 N–H and O–H groups in total. The van der Waals surface area contributed by atoms with Crippen LogP contribution in [0.3, 0.4) is 0 Å². The Balaban J connectivity index is 1.78. The molecule has 1 aliphatic rings. The number of carbonyl (C=O) groups excluding carboxylic acids is 1. The van der Waals surface area contributed by atoms with E-state index in [0.717, 1.165) is 31.4 Å². The zero-order valence-electron chi connectivity index (χ0n) is 10.0. The molecule has 0 unspecified atom stereocenters. The van der Waals surface area contributed by atoms with E-state index in [4.69, 9.17) is 0 Å². The Morgan fingerprint density at radius 2 is 2.16 bits per heavy atom. The molecule has 98 valence electrons. The molecule has 1 aromatic carbocycles. The van der Waals surface area contributed by atoms with Gasteiger partial charge in [0.1, 0.15) is 0 Å². The second-order valence-electron chi connectivity index (χ2n) is 4.50. The van der Waals surface area contributed by atoms with Crippen LogP contribution in [0.15, 0.2) is 28.7 Å². The van der Waals surface area contributed by atoms with E-state index >= 15 is 0 Å². The molecule has 0 aliphatic heterocycles. The van der Waals surface area contributed by atoms with Crippen LogP contribution < -0.4 is 5.32 Å². The highest BCUT2D eigenvalue weighted by atomic mass is 127. The lowest BCUT2D eigenvalue weighted by Gasteiger charge is -2.05. The Morgan fingerprint density at radius 3 is 2.89 bits per heavy atom. The number of amides is 1. The van der Waals surface area contributed by atoms with Crippen molar-refractivity contribution in [2.24, 2.45) is 0 Å². The molecule has 0 radical (unpaired) electrons. The van der Waals surface area contributed by atoms with Gasteiger partial charge in [-0.1, -0.05) is 0 Å². The Hall–Kier alpha value is -0.400. The first-order chi connectivity index (χ1) is 9.13. The van der Waals surface area contributed by atoms with Gasteiger partial charge >= 0.3 is 0 Å². The van der Waals surface area contributed by atoms with Crippen molar-refractivity contribution in [1.82, 2.24) is 0 Å². The van der Waals surface area contributed by atoms with Gasteiger partial charge in [-0.05, 0) is 87.6 Å². The first-order valence-electron chi connectivity index (χ1n) is 6.01. The Bertz CT molecular complexity index is 631. The maximum atomic E-state index is 12.2. The molecule has 1 amide bonds. The smallest absolute Gasteiger partial charge is 0.265 e. The largest absolute Gasteiger partial charge is 0.321 e. The SMILES string of the molecule is O=C(Nc1ccc(Br)c(I)c1)c1cc2c(s1)CCC2. The molecule has 3 rings (SSSR count). The van der Waals surface area contributed by atoms with Gasteiger partial charge in [0.25, 0.3) is 5.91 Å². The van der Waals surface area contributed by atoms with Crippen molar-refractivity contribution in [3.8, 4) is 0 Å². The van der Waals surface area contributed by atoms with Crippen LogP contribution in [0.4, 0.5) is 5.69 Å². The van der Waals surface area contributed by atoms with E-state index in [-0.39, 0.29) is 5.91 Å². The average molecular weight is 448 g/mol. The normalized spacial score (nSPS) is 13.4. The van der Waals surface area contributed by atoms with Crippen LogP contribution in [-0.4, -0.2) is 5.91 Å². The summed E-state index contributed by atoms with van der Waals surface area (Å²) in [5.74, 6) is -0.00229. The van der Waals surface area contributed by atoms with Gasteiger partial charge < -0.3 is 5.32 Å². The third-order valence-corrected chi connectivity index (χ3v) is 6.71. The molecule has 0 fully saturated rings. The number of carbonyl (C=O) groups is 1. The zero-order valence-corrected chi connectivity index (χ0v) is 14.6. The predicted molar refractivity (Wildman–Crippen MR) is 91.2 cm³/mol. The number of aryl methyl sites for hydroxylation is 2. The van der Waals surface area contributed by atoms with E-state index in [0.29, 0.717) is 0 Å². The van der Waals surface area contributed by atoms with Crippen LogP contribution in [0.1, 0.15) is 26.5 Å². The minimum Gasteiger partial charge on any atom is -0.321 e. The van der Waals surface area contributed by atoms with Crippen LogP contribution in [-0.2, 0) is 12.8 Å². The van der Waals surface area contributed by atoms with Gasteiger partial charge in [-0.3, -0.25) is 4.79 Å². The van der Waals surface area contributed by atoms with Crippen molar-refractivity contribution in [2.75, 3.05) is 5.32 Å². The summed E-state index contributed by atoms with van der Waals surface area (Å²) in [5.41, 5.74) is 2.20. The minimum absolute atomic E-state index is 0.00229. The summed E-state index contributed by atoms with van der Waals surface area (Å²) in [6.07, 6.45) is 3.48. The van der Waals surface area contributed by atoms with E-state index < -0.39 is 0 Å². The Morgan fingerprint density at radius 1 is 1.32 bits per heavy atom. The molecule has 19 heavy (non-hydrogen) atoms. The van der Waals surface area contributed by atoms with E-state index in [1.165, 1.54) is 16.9 Å². The fraction of sp³-hybridized carbons (Fsp3) is 0.214. The maximum Gasteiger partial charge on any atom is 0.265 e. The number of nitrogens with one attached hydrogen (secondary N) is 1. The topological polar surface area (TPSA) is 29.1 Å². The third-order valence-electron chi connectivity index (χ3n) is 3.15. The summed E-state index contributed by atoms with van der Waals surface area (Å²) in [6.45, 7) is 0. The van der Waals surface area contributed by atoms with Crippen LogP contribution in [0.25, 0.3) is 0 Å². The third kappa shape index (κ3) is 2.87. The van der Waals surface area contributed by atoms with Crippen molar-refractivity contribution in [1.29, 1.82) is 0 Å². The number of fused-ring (bicyclic) bond motifs is 1. The second kappa shape index (κ2) is 5.54. The first kappa shape index (κ1) is 13.6. The summed E-state index contributed by atoms with van der Waals surface area (Å²) in [5, 5.41) is 2.96. The number of rotatable bonds is 2. The van der Waals surface area contributed by atoms with Gasteiger partial charge in [0.05, 0.1) is 4.88 Å². The van der Waals surface area contributed by atoms with E-state index in [2.05, 4.69) is 43.8 Å². The van der Waals surface area contributed by atoms with Gasteiger partial charge in [0, 0.05) is 18.6 Å². The number of anilines is 1. The Labute approximate surface area is 137 Å². The van der Waals surface area contributed by atoms with E-state index in [1.54, 1.807) is 11.3 Å². The van der Waals surface area contributed by atoms with E-state index in [9.17, 15) is 4.79 Å². The molecule has 1 aliphatic carbocycles. The Kier molecular flexibility index (Phi) is 3.96. The van der Waals surface area contributed by atoms with Gasteiger partial charge in [-0.25, -0.2) is 0 Å². The summed E-state index contributed by atoms with van der Waals surface area (Å²) >= 11 is 7.33. The molecule has 0 saturated heterocycles. The fourth-order valence-electron chi connectivity index (χ4n) is 2.21. The lowest BCUT2D eigenvalue weighted by molar-refractivity contribution is 0.103. The fourth-order valence-corrected chi connectivity index (χ4v) is 4.12. The molecule has 1 aromatic heterocycles. The number of hydrogen-bond acceptors (Lipinski definition) is 2. The summed E-state index contributed by atoms with van der Waals surface area (Å²) < 4.78 is 2.13. The van der Waals surface area contributed by atoms with Gasteiger partial charge in [-0.2, -0.15) is 0 Å². The van der Waals surface area contributed by atoms with Crippen molar-refractivity contribution < 1.29 is 4.79 Å². The lowest BCUT2D eigenvalue weighted by Crippen LogP contribution is -2.10. The molecular formula is C14H11BrINOS. The van der Waals surface area contributed by atoms with Crippen LogP contribution in [0, 0.1) is 3.57 Å². The molecule has 0 bridgehead atoms. The highest BCUT2D eigenvalue weighted by molar-refractivity contribution is 14.1. The van der Waals surface area contributed by atoms with Crippen molar-refractivity contribution >= 4 is 61.5 Å². The van der Waals surface area contributed by atoms with Crippen molar-refractivity contribution in [3.05, 3.63) is 47.6 Å². The van der Waals surface area contributed by atoms with E-state index in [1.807, 2.05) is 24.3 Å². The molecule has 2 nitrogen and oxygen atoms in total. The molecule has 0 saturated carbocycles. The van der Waals surface area contributed by atoms with Crippen LogP contribution in [0.5, 0.6) is 0 Å².